The Balaban J connectivity index is 1.85. The van der Waals surface area contributed by atoms with E-state index in [4.69, 9.17) is 11.6 Å². The van der Waals surface area contributed by atoms with Crippen molar-refractivity contribution in [3.8, 4) is 0 Å². The molecule has 2 aromatic rings. The van der Waals surface area contributed by atoms with Crippen LogP contribution in [-0.2, 0) is 6.54 Å². The SMILES string of the molecule is CCN(Cc1sc2ccccc2c1Cl)C1CCNC1. The van der Waals surface area contributed by atoms with E-state index >= 15 is 0 Å². The highest BCUT2D eigenvalue weighted by atomic mass is 35.5. The minimum Gasteiger partial charge on any atom is -0.315 e. The molecule has 19 heavy (non-hydrogen) atoms. The molecule has 1 aromatic heterocycles. The van der Waals surface area contributed by atoms with E-state index in [1.165, 1.54) is 21.4 Å². The molecule has 1 unspecified atom stereocenters. The molecule has 1 aliphatic rings. The number of nitrogens with one attached hydrogen (secondary N) is 1. The van der Waals surface area contributed by atoms with Crippen LogP contribution in [0.15, 0.2) is 24.3 Å². The van der Waals surface area contributed by atoms with Crippen molar-refractivity contribution in [1.29, 1.82) is 0 Å². The molecule has 1 aromatic carbocycles. The van der Waals surface area contributed by atoms with Crippen LogP contribution < -0.4 is 5.32 Å². The third-order valence-electron chi connectivity index (χ3n) is 3.91. The Morgan fingerprint density at radius 3 is 2.95 bits per heavy atom. The van der Waals surface area contributed by atoms with Gasteiger partial charge in [0, 0.05) is 34.1 Å². The van der Waals surface area contributed by atoms with Gasteiger partial charge in [-0.25, -0.2) is 0 Å². The van der Waals surface area contributed by atoms with Gasteiger partial charge in [0.15, 0.2) is 0 Å². The Morgan fingerprint density at radius 1 is 1.42 bits per heavy atom. The Bertz CT molecular complexity index is 560. The molecule has 0 spiro atoms. The predicted octanol–water partition coefficient (Wildman–Crippen LogP) is 3.74. The maximum absolute atomic E-state index is 6.53. The predicted molar refractivity (Wildman–Crippen MR) is 84.2 cm³/mol. The molecule has 1 aliphatic heterocycles. The second-order valence-electron chi connectivity index (χ2n) is 5.05. The monoisotopic (exact) mass is 294 g/mol. The van der Waals surface area contributed by atoms with Gasteiger partial charge in [-0.3, -0.25) is 4.90 Å². The van der Waals surface area contributed by atoms with Gasteiger partial charge in [-0.05, 0) is 25.6 Å². The molecule has 1 fully saturated rings. The van der Waals surface area contributed by atoms with E-state index < -0.39 is 0 Å². The molecule has 1 N–H and O–H groups in total. The van der Waals surface area contributed by atoms with Crippen LogP contribution in [0, 0.1) is 0 Å². The van der Waals surface area contributed by atoms with Crippen molar-refractivity contribution in [2.75, 3.05) is 19.6 Å². The molecule has 0 saturated carbocycles. The van der Waals surface area contributed by atoms with Crippen LogP contribution >= 0.6 is 22.9 Å². The van der Waals surface area contributed by atoms with Gasteiger partial charge in [0.25, 0.3) is 0 Å². The summed E-state index contributed by atoms with van der Waals surface area (Å²) in [6, 6.07) is 9.07. The van der Waals surface area contributed by atoms with Crippen LogP contribution in [-0.4, -0.2) is 30.6 Å². The lowest BCUT2D eigenvalue weighted by molar-refractivity contribution is 0.212. The van der Waals surface area contributed by atoms with E-state index in [0.29, 0.717) is 6.04 Å². The summed E-state index contributed by atoms with van der Waals surface area (Å²) in [5.41, 5.74) is 0. The first kappa shape index (κ1) is 13.4. The first-order chi connectivity index (χ1) is 9.29. The van der Waals surface area contributed by atoms with Crippen molar-refractivity contribution in [3.05, 3.63) is 34.2 Å². The van der Waals surface area contributed by atoms with Gasteiger partial charge in [0.1, 0.15) is 0 Å². The first-order valence-corrected chi connectivity index (χ1v) is 8.09. The molecule has 3 rings (SSSR count). The van der Waals surface area contributed by atoms with Crippen molar-refractivity contribution in [2.45, 2.75) is 25.9 Å². The highest BCUT2D eigenvalue weighted by Gasteiger charge is 2.22. The molecule has 0 radical (unpaired) electrons. The van der Waals surface area contributed by atoms with E-state index in [-0.39, 0.29) is 0 Å². The Hall–Kier alpha value is -0.610. The number of nitrogens with zero attached hydrogens (tertiary/aromatic N) is 1. The first-order valence-electron chi connectivity index (χ1n) is 6.90. The minimum absolute atomic E-state index is 0.659. The lowest BCUT2D eigenvalue weighted by atomic mass is 10.2. The molecule has 4 heteroatoms. The van der Waals surface area contributed by atoms with Crippen LogP contribution in [0.4, 0.5) is 0 Å². The summed E-state index contributed by atoms with van der Waals surface area (Å²) in [7, 11) is 0. The van der Waals surface area contributed by atoms with Gasteiger partial charge in [-0.1, -0.05) is 36.7 Å². The minimum atomic E-state index is 0.659. The Labute approximate surface area is 123 Å². The fourth-order valence-electron chi connectivity index (χ4n) is 2.80. The highest BCUT2D eigenvalue weighted by Crippen LogP contribution is 2.36. The number of hydrogen-bond donors (Lipinski definition) is 1. The van der Waals surface area contributed by atoms with E-state index in [9.17, 15) is 0 Å². The van der Waals surface area contributed by atoms with E-state index in [0.717, 1.165) is 31.2 Å². The molecule has 2 heterocycles. The van der Waals surface area contributed by atoms with Gasteiger partial charge < -0.3 is 5.32 Å². The fourth-order valence-corrected chi connectivity index (χ4v) is 4.32. The van der Waals surface area contributed by atoms with Gasteiger partial charge in [0.2, 0.25) is 0 Å². The average Bonchev–Trinajstić information content (AvgIpc) is 3.06. The highest BCUT2D eigenvalue weighted by molar-refractivity contribution is 7.19. The molecule has 1 saturated heterocycles. The third kappa shape index (κ3) is 2.65. The third-order valence-corrected chi connectivity index (χ3v) is 5.60. The molecule has 0 amide bonds. The molecule has 1 atom stereocenters. The number of hydrogen-bond acceptors (Lipinski definition) is 3. The lowest BCUT2D eigenvalue weighted by Crippen LogP contribution is -2.35. The summed E-state index contributed by atoms with van der Waals surface area (Å²) < 4.78 is 1.29. The van der Waals surface area contributed by atoms with Gasteiger partial charge >= 0.3 is 0 Å². The van der Waals surface area contributed by atoms with Gasteiger partial charge in [0.05, 0.1) is 5.02 Å². The van der Waals surface area contributed by atoms with E-state index in [1.807, 2.05) is 11.3 Å². The van der Waals surface area contributed by atoms with Crippen LogP contribution in [0.5, 0.6) is 0 Å². The number of halogens is 1. The normalized spacial score (nSPS) is 19.6. The second-order valence-corrected chi connectivity index (χ2v) is 6.56. The number of rotatable bonds is 4. The van der Waals surface area contributed by atoms with Crippen molar-refractivity contribution in [3.63, 3.8) is 0 Å². The molecular formula is C15H19ClN2S. The molecule has 0 aliphatic carbocycles. The van der Waals surface area contributed by atoms with Crippen LogP contribution in [0.2, 0.25) is 5.02 Å². The van der Waals surface area contributed by atoms with Crippen molar-refractivity contribution < 1.29 is 0 Å². The summed E-state index contributed by atoms with van der Waals surface area (Å²) in [6.07, 6.45) is 1.25. The van der Waals surface area contributed by atoms with Crippen molar-refractivity contribution in [2.24, 2.45) is 0 Å². The average molecular weight is 295 g/mol. The molecule has 0 bridgehead atoms. The second kappa shape index (κ2) is 5.80. The zero-order chi connectivity index (χ0) is 13.2. The maximum Gasteiger partial charge on any atom is 0.0637 e. The molecular weight excluding hydrogens is 276 g/mol. The van der Waals surface area contributed by atoms with E-state index in [1.54, 1.807) is 0 Å². The van der Waals surface area contributed by atoms with E-state index in [2.05, 4.69) is 41.4 Å². The number of benzene rings is 1. The topological polar surface area (TPSA) is 15.3 Å². The summed E-state index contributed by atoms with van der Waals surface area (Å²) in [6.45, 7) is 6.54. The van der Waals surface area contributed by atoms with Gasteiger partial charge in [-0.15, -0.1) is 11.3 Å². The number of fused-ring (bicyclic) bond motifs is 1. The molecule has 2 nitrogen and oxygen atoms in total. The van der Waals surface area contributed by atoms with Crippen molar-refractivity contribution in [1.82, 2.24) is 10.2 Å². The smallest absolute Gasteiger partial charge is 0.0637 e. The zero-order valence-corrected chi connectivity index (χ0v) is 12.7. The number of thiophene rings is 1. The molecule has 102 valence electrons. The summed E-state index contributed by atoms with van der Waals surface area (Å²) in [5, 5.41) is 5.59. The summed E-state index contributed by atoms with van der Waals surface area (Å²) in [4.78, 5) is 3.84. The fraction of sp³-hybridized carbons (Fsp3) is 0.467. The zero-order valence-electron chi connectivity index (χ0n) is 11.2. The Morgan fingerprint density at radius 2 is 2.26 bits per heavy atom. The van der Waals surface area contributed by atoms with Gasteiger partial charge in [-0.2, -0.15) is 0 Å². The number of likely N-dealkylation sites (N-methyl/N-ethyl adjacent to an activating group) is 1. The lowest BCUT2D eigenvalue weighted by Gasteiger charge is -2.26. The van der Waals surface area contributed by atoms with Crippen LogP contribution in [0.3, 0.4) is 0 Å². The Kier molecular flexibility index (Phi) is 4.08. The standard InChI is InChI=1S/C15H19ClN2S/c1-2-18(11-7-8-17-9-11)10-14-15(16)12-5-3-4-6-13(12)19-14/h3-6,11,17H,2,7-10H2,1H3. The van der Waals surface area contributed by atoms with Crippen molar-refractivity contribution >= 4 is 33.0 Å². The quantitative estimate of drug-likeness (QED) is 0.924. The summed E-state index contributed by atoms with van der Waals surface area (Å²) in [5.74, 6) is 0. The largest absolute Gasteiger partial charge is 0.315 e. The maximum atomic E-state index is 6.53. The van der Waals surface area contributed by atoms with Crippen LogP contribution in [0.25, 0.3) is 10.1 Å². The summed E-state index contributed by atoms with van der Waals surface area (Å²) >= 11 is 8.37. The van der Waals surface area contributed by atoms with Crippen LogP contribution in [0.1, 0.15) is 18.2 Å².